The average Bonchev–Trinajstić information content (AvgIpc) is 3.25. The SMILES string of the molecule is CC/C=C\C/C=C\C/C=C\C/C=C\CCCCCOCC(COC(=O)CCCCCCC/C=C\CCCCCCCC)OC(=O)CCCCCCC/C=C\CCCCCC. The van der Waals surface area contributed by atoms with E-state index in [1.807, 2.05) is 0 Å². The van der Waals surface area contributed by atoms with E-state index < -0.39 is 6.10 Å². The normalized spacial score (nSPS) is 12.8. The lowest BCUT2D eigenvalue weighted by Crippen LogP contribution is -2.30. The van der Waals surface area contributed by atoms with Crippen LogP contribution in [-0.2, 0) is 23.8 Å². The van der Waals surface area contributed by atoms with Crippen LogP contribution in [0.5, 0.6) is 0 Å². The van der Waals surface area contributed by atoms with E-state index in [0.29, 0.717) is 19.4 Å². The van der Waals surface area contributed by atoms with Gasteiger partial charge in [0.25, 0.3) is 0 Å². The maximum atomic E-state index is 12.8. The predicted octanol–water partition coefficient (Wildman–Crippen LogP) is 17.1. The zero-order valence-corrected chi connectivity index (χ0v) is 39.7. The summed E-state index contributed by atoms with van der Waals surface area (Å²) in [5.74, 6) is -0.434. The smallest absolute Gasteiger partial charge is 0.306 e. The van der Waals surface area contributed by atoms with Crippen LogP contribution in [0.1, 0.15) is 239 Å². The summed E-state index contributed by atoms with van der Waals surface area (Å²) in [7, 11) is 0. The van der Waals surface area contributed by atoms with Gasteiger partial charge >= 0.3 is 11.9 Å². The Morgan fingerprint density at radius 1 is 0.383 bits per heavy atom. The van der Waals surface area contributed by atoms with E-state index in [1.165, 1.54) is 103 Å². The number of esters is 2. The maximum Gasteiger partial charge on any atom is 0.306 e. The highest BCUT2D eigenvalue weighted by Crippen LogP contribution is 2.13. The highest BCUT2D eigenvalue weighted by Gasteiger charge is 2.17. The van der Waals surface area contributed by atoms with Gasteiger partial charge in [-0.2, -0.15) is 0 Å². The number of hydrogen-bond donors (Lipinski definition) is 0. The number of unbranched alkanes of at least 4 members (excludes halogenated alkanes) is 23. The Bertz CT molecular complexity index is 1080. The number of rotatable bonds is 46. The number of carbonyl (C=O) groups is 2. The topological polar surface area (TPSA) is 61.8 Å². The van der Waals surface area contributed by atoms with Gasteiger partial charge in [-0.3, -0.25) is 9.59 Å². The number of hydrogen-bond acceptors (Lipinski definition) is 5. The standard InChI is InChI=1S/C55H96O5/c1-4-7-10-13-16-19-22-25-27-29-32-35-38-41-44-47-50-58-51-53(60-55(57)49-46-43-40-37-34-30-24-21-18-15-12-9-6-3)52-59-54(56)48-45-42-39-36-33-31-28-26-23-20-17-14-11-8-5-2/h7,10,16,19,21,24-28,32,35,53H,4-6,8-9,11-15,17-18,20,22-23,29-31,33-34,36-52H2,1-3H3/b10-7-,19-16-,24-21-,27-25-,28-26-,35-32-. The van der Waals surface area contributed by atoms with Gasteiger partial charge in [0.05, 0.1) is 6.61 Å². The second-order valence-corrected chi connectivity index (χ2v) is 16.7. The van der Waals surface area contributed by atoms with E-state index in [1.54, 1.807) is 0 Å². The zero-order chi connectivity index (χ0) is 43.5. The molecule has 0 aromatic heterocycles. The molecule has 0 aromatic rings. The van der Waals surface area contributed by atoms with Crippen LogP contribution < -0.4 is 0 Å². The van der Waals surface area contributed by atoms with Crippen LogP contribution in [0, 0.1) is 0 Å². The van der Waals surface area contributed by atoms with Gasteiger partial charge in [-0.05, 0) is 109 Å². The lowest BCUT2D eigenvalue weighted by Gasteiger charge is -2.18. The minimum Gasteiger partial charge on any atom is -0.462 e. The summed E-state index contributed by atoms with van der Waals surface area (Å²) in [5, 5.41) is 0. The van der Waals surface area contributed by atoms with Gasteiger partial charge in [0.15, 0.2) is 6.10 Å². The number of ether oxygens (including phenoxy) is 3. The third-order valence-corrected chi connectivity index (χ3v) is 10.7. The average molecular weight is 837 g/mol. The van der Waals surface area contributed by atoms with Crippen LogP contribution in [0.25, 0.3) is 0 Å². The van der Waals surface area contributed by atoms with Gasteiger partial charge in [0.1, 0.15) is 6.61 Å². The summed E-state index contributed by atoms with van der Waals surface area (Å²) < 4.78 is 17.3. The van der Waals surface area contributed by atoms with Gasteiger partial charge in [0.2, 0.25) is 0 Å². The minimum atomic E-state index is -0.561. The van der Waals surface area contributed by atoms with Crippen LogP contribution in [-0.4, -0.2) is 37.9 Å². The summed E-state index contributed by atoms with van der Waals surface area (Å²) >= 11 is 0. The highest BCUT2D eigenvalue weighted by molar-refractivity contribution is 5.70. The Labute approximate surface area is 372 Å². The van der Waals surface area contributed by atoms with Crippen molar-refractivity contribution < 1.29 is 23.8 Å². The Balaban J connectivity index is 4.35. The first-order valence-electron chi connectivity index (χ1n) is 25.5. The van der Waals surface area contributed by atoms with Crippen LogP contribution in [0.4, 0.5) is 0 Å². The molecule has 60 heavy (non-hydrogen) atoms. The Morgan fingerprint density at radius 2 is 0.750 bits per heavy atom. The summed E-state index contributed by atoms with van der Waals surface area (Å²) in [6, 6.07) is 0. The molecule has 0 radical (unpaired) electrons. The summed E-state index contributed by atoms with van der Waals surface area (Å²) in [6.07, 6.45) is 64.8. The molecule has 0 spiro atoms. The van der Waals surface area contributed by atoms with Crippen molar-refractivity contribution in [1.82, 2.24) is 0 Å². The molecule has 5 heteroatoms. The first kappa shape index (κ1) is 57.3. The van der Waals surface area contributed by atoms with E-state index in [0.717, 1.165) is 103 Å². The van der Waals surface area contributed by atoms with Crippen molar-refractivity contribution in [3.63, 3.8) is 0 Å². The number of carbonyl (C=O) groups excluding carboxylic acids is 2. The summed E-state index contributed by atoms with van der Waals surface area (Å²) in [5.41, 5.74) is 0. The van der Waals surface area contributed by atoms with Crippen molar-refractivity contribution in [3.05, 3.63) is 72.9 Å². The van der Waals surface area contributed by atoms with Gasteiger partial charge in [-0.1, -0.05) is 190 Å². The molecule has 0 aliphatic carbocycles. The molecular weight excluding hydrogens is 741 g/mol. The van der Waals surface area contributed by atoms with Crippen molar-refractivity contribution in [2.75, 3.05) is 19.8 Å². The molecule has 0 fully saturated rings. The monoisotopic (exact) mass is 837 g/mol. The Kier molecular flexibility index (Phi) is 48.4. The molecule has 0 saturated carbocycles. The summed E-state index contributed by atoms with van der Waals surface area (Å²) in [6.45, 7) is 7.61. The largest absolute Gasteiger partial charge is 0.462 e. The second kappa shape index (κ2) is 50.7. The van der Waals surface area contributed by atoms with Crippen molar-refractivity contribution in [1.29, 1.82) is 0 Å². The fraction of sp³-hybridized carbons (Fsp3) is 0.745. The zero-order valence-electron chi connectivity index (χ0n) is 39.7. The van der Waals surface area contributed by atoms with E-state index in [4.69, 9.17) is 14.2 Å². The molecule has 0 aliphatic heterocycles. The van der Waals surface area contributed by atoms with Crippen molar-refractivity contribution in [3.8, 4) is 0 Å². The molecule has 0 bridgehead atoms. The first-order chi connectivity index (χ1) is 29.6. The van der Waals surface area contributed by atoms with Gasteiger partial charge in [-0.15, -0.1) is 0 Å². The molecule has 0 N–H and O–H groups in total. The Hall–Kier alpha value is -2.66. The third kappa shape index (κ3) is 48.0. The van der Waals surface area contributed by atoms with Crippen LogP contribution in [0.3, 0.4) is 0 Å². The quantitative estimate of drug-likeness (QED) is 0.0347. The van der Waals surface area contributed by atoms with E-state index in [-0.39, 0.29) is 25.2 Å². The molecule has 346 valence electrons. The van der Waals surface area contributed by atoms with Gasteiger partial charge < -0.3 is 14.2 Å². The van der Waals surface area contributed by atoms with Crippen LogP contribution in [0.15, 0.2) is 72.9 Å². The molecule has 0 saturated heterocycles. The molecule has 1 atom stereocenters. The molecular formula is C55H96O5. The lowest BCUT2D eigenvalue weighted by atomic mass is 10.1. The van der Waals surface area contributed by atoms with Crippen molar-refractivity contribution in [2.45, 2.75) is 245 Å². The molecule has 1 unspecified atom stereocenters. The second-order valence-electron chi connectivity index (χ2n) is 16.7. The lowest BCUT2D eigenvalue weighted by molar-refractivity contribution is -0.163. The van der Waals surface area contributed by atoms with Crippen molar-refractivity contribution in [2.24, 2.45) is 0 Å². The van der Waals surface area contributed by atoms with Crippen LogP contribution in [0.2, 0.25) is 0 Å². The van der Waals surface area contributed by atoms with E-state index in [9.17, 15) is 9.59 Å². The maximum absolute atomic E-state index is 12.8. The fourth-order valence-electron chi connectivity index (χ4n) is 6.90. The minimum absolute atomic E-state index is 0.0631. The predicted molar refractivity (Wildman–Crippen MR) is 260 cm³/mol. The third-order valence-electron chi connectivity index (χ3n) is 10.7. The number of allylic oxidation sites excluding steroid dienone is 12. The highest BCUT2D eigenvalue weighted by atomic mass is 16.6. The molecule has 0 amide bonds. The molecule has 5 nitrogen and oxygen atoms in total. The molecule has 0 rings (SSSR count). The summed E-state index contributed by atoms with van der Waals surface area (Å²) in [4.78, 5) is 25.4. The van der Waals surface area contributed by atoms with E-state index in [2.05, 4.69) is 93.7 Å². The molecule has 0 heterocycles. The van der Waals surface area contributed by atoms with E-state index >= 15 is 0 Å². The van der Waals surface area contributed by atoms with Crippen LogP contribution >= 0.6 is 0 Å². The Morgan fingerprint density at radius 3 is 1.23 bits per heavy atom. The van der Waals surface area contributed by atoms with Gasteiger partial charge in [0, 0.05) is 19.4 Å². The molecule has 0 aliphatic rings. The molecule has 0 aromatic carbocycles. The fourth-order valence-corrected chi connectivity index (χ4v) is 6.90. The van der Waals surface area contributed by atoms with Gasteiger partial charge in [-0.25, -0.2) is 0 Å². The first-order valence-corrected chi connectivity index (χ1v) is 25.5. The van der Waals surface area contributed by atoms with Crippen molar-refractivity contribution >= 4 is 11.9 Å².